The van der Waals surface area contributed by atoms with Crippen LogP contribution in [0, 0.1) is 0 Å². The van der Waals surface area contributed by atoms with E-state index in [0.717, 1.165) is 5.56 Å². The summed E-state index contributed by atoms with van der Waals surface area (Å²) in [5.74, 6) is 0. The maximum atomic E-state index is 12.4. The lowest BCUT2D eigenvalue weighted by atomic mass is 10.2. The van der Waals surface area contributed by atoms with Gasteiger partial charge in [-0.1, -0.05) is 51.1 Å². The van der Waals surface area contributed by atoms with Crippen molar-refractivity contribution in [2.24, 2.45) is 0 Å². The smallest absolute Gasteiger partial charge is 0.407 e. The number of rotatable bonds is 13. The summed E-state index contributed by atoms with van der Waals surface area (Å²) in [5, 5.41) is 18.8. The molecule has 36 heavy (non-hydrogen) atoms. The van der Waals surface area contributed by atoms with Crippen LogP contribution >= 0.6 is 0 Å². The highest BCUT2D eigenvalue weighted by Crippen LogP contribution is 2.36. The van der Waals surface area contributed by atoms with Crippen molar-refractivity contribution in [1.29, 1.82) is 0 Å². The molecule has 2 atom stereocenters. The van der Waals surface area contributed by atoms with E-state index >= 15 is 0 Å². The summed E-state index contributed by atoms with van der Waals surface area (Å²) in [5.41, 5.74) is 0.321. The topological polar surface area (TPSA) is 118 Å². The summed E-state index contributed by atoms with van der Waals surface area (Å²) < 4.78 is 16.9. The largest absolute Gasteiger partial charge is 0.445 e. The molecule has 0 aliphatic carbocycles. The number of hydrogen-bond donors (Lipinski definition) is 4. The van der Waals surface area contributed by atoms with Crippen LogP contribution in [-0.4, -0.2) is 69.6 Å². The van der Waals surface area contributed by atoms with E-state index in [9.17, 15) is 14.7 Å². The maximum Gasteiger partial charge on any atom is 0.407 e. The number of nitrogens with one attached hydrogen (secondary N) is 3. The Morgan fingerprint density at radius 3 is 2.22 bits per heavy atom. The number of carbonyl (C=O) groups is 2. The van der Waals surface area contributed by atoms with Crippen molar-refractivity contribution in [1.82, 2.24) is 16.0 Å². The lowest BCUT2D eigenvalue weighted by Gasteiger charge is -2.37. The fraction of sp³-hybridized carbons (Fsp3) is 0.692. The number of ether oxygens (including phenoxy) is 2. The average molecular weight is 526 g/mol. The molecule has 0 fully saturated rings. The molecule has 1 rings (SSSR count). The molecule has 2 amide bonds. The fourth-order valence-corrected chi connectivity index (χ4v) is 3.84. The van der Waals surface area contributed by atoms with E-state index in [4.69, 9.17) is 13.9 Å². The molecule has 10 heteroatoms. The summed E-state index contributed by atoms with van der Waals surface area (Å²) in [4.78, 5) is 24.2. The molecule has 0 radical (unpaired) electrons. The standard InChI is InChI=1S/C26H47N3O6Si/c1-25(2,3)35-23(31)28-17-22(30)16-27-15-14-21(19-34-36(7,8)26(4,5)6)29-24(32)33-18-20-12-10-9-11-13-20/h9-13,21-22,27,30H,14-19H2,1-8H3,(H,28,31)(H,29,32)/t21-,22-/m0/s1. The van der Waals surface area contributed by atoms with Crippen molar-refractivity contribution in [3.05, 3.63) is 35.9 Å². The van der Waals surface area contributed by atoms with Crippen LogP contribution < -0.4 is 16.0 Å². The van der Waals surface area contributed by atoms with Crippen molar-refractivity contribution in [3.63, 3.8) is 0 Å². The molecule has 9 nitrogen and oxygen atoms in total. The number of benzene rings is 1. The van der Waals surface area contributed by atoms with E-state index in [1.54, 1.807) is 20.8 Å². The summed E-state index contributed by atoms with van der Waals surface area (Å²) in [7, 11) is -2.00. The molecule has 0 aliphatic heterocycles. The van der Waals surface area contributed by atoms with E-state index in [0.29, 0.717) is 19.6 Å². The third-order valence-electron chi connectivity index (χ3n) is 5.92. The Hall–Kier alpha value is -2.14. The molecule has 0 saturated heterocycles. The normalized spacial score (nSPS) is 14.0. The summed E-state index contributed by atoms with van der Waals surface area (Å²) >= 11 is 0. The first-order chi connectivity index (χ1) is 16.6. The van der Waals surface area contributed by atoms with Gasteiger partial charge in [-0.15, -0.1) is 0 Å². The summed E-state index contributed by atoms with van der Waals surface area (Å²) in [6.07, 6.45) is -1.25. The first-order valence-corrected chi connectivity index (χ1v) is 15.5. The molecule has 1 aromatic rings. The van der Waals surface area contributed by atoms with Crippen LogP contribution in [0.5, 0.6) is 0 Å². The van der Waals surface area contributed by atoms with E-state index in [2.05, 4.69) is 49.8 Å². The van der Waals surface area contributed by atoms with Crippen molar-refractivity contribution in [2.75, 3.05) is 26.2 Å². The van der Waals surface area contributed by atoms with Gasteiger partial charge in [-0.05, 0) is 57.4 Å². The summed E-state index contributed by atoms with van der Waals surface area (Å²) in [6.45, 7) is 17.6. The molecule has 0 unspecified atom stereocenters. The van der Waals surface area contributed by atoms with Gasteiger partial charge in [-0.2, -0.15) is 0 Å². The Morgan fingerprint density at radius 1 is 1.00 bits per heavy atom. The second kappa shape index (κ2) is 14.6. The van der Waals surface area contributed by atoms with Crippen molar-refractivity contribution in [3.8, 4) is 0 Å². The average Bonchev–Trinajstić information content (AvgIpc) is 2.76. The first-order valence-electron chi connectivity index (χ1n) is 12.6. The molecular weight excluding hydrogens is 478 g/mol. The van der Waals surface area contributed by atoms with Gasteiger partial charge in [0, 0.05) is 13.1 Å². The number of hydrogen-bond acceptors (Lipinski definition) is 7. The van der Waals surface area contributed by atoms with Crippen LogP contribution in [-0.2, 0) is 20.5 Å². The Morgan fingerprint density at radius 2 is 1.64 bits per heavy atom. The van der Waals surface area contributed by atoms with Crippen LogP contribution in [0.1, 0.15) is 53.5 Å². The Labute approximate surface area is 217 Å². The summed E-state index contributed by atoms with van der Waals surface area (Å²) in [6, 6.07) is 9.25. The Balaban J connectivity index is 2.52. The lowest BCUT2D eigenvalue weighted by molar-refractivity contribution is 0.0492. The molecule has 0 spiro atoms. The van der Waals surface area contributed by atoms with Gasteiger partial charge in [-0.25, -0.2) is 9.59 Å². The number of amides is 2. The minimum atomic E-state index is -2.00. The zero-order valence-corrected chi connectivity index (χ0v) is 24.3. The van der Waals surface area contributed by atoms with Gasteiger partial charge < -0.3 is 35.0 Å². The Bertz CT molecular complexity index is 793. The van der Waals surface area contributed by atoms with Gasteiger partial charge in [0.05, 0.1) is 18.8 Å². The minimum absolute atomic E-state index is 0.0505. The van der Waals surface area contributed by atoms with Crippen LogP contribution in [0.15, 0.2) is 30.3 Å². The van der Waals surface area contributed by atoms with E-state index < -0.39 is 32.2 Å². The molecular formula is C26H47N3O6Si. The number of aliphatic hydroxyl groups excluding tert-OH is 1. The van der Waals surface area contributed by atoms with Gasteiger partial charge in [0.2, 0.25) is 0 Å². The van der Waals surface area contributed by atoms with Crippen molar-refractivity contribution in [2.45, 2.75) is 90.4 Å². The number of aliphatic hydroxyl groups is 1. The second-order valence-electron chi connectivity index (χ2n) is 11.5. The molecule has 206 valence electrons. The van der Waals surface area contributed by atoms with Crippen LogP contribution in [0.25, 0.3) is 0 Å². The fourth-order valence-electron chi connectivity index (χ4n) is 2.79. The molecule has 4 N–H and O–H groups in total. The third-order valence-corrected chi connectivity index (χ3v) is 10.4. The molecule has 0 bridgehead atoms. The minimum Gasteiger partial charge on any atom is -0.445 e. The molecule has 0 aromatic heterocycles. The predicted molar refractivity (Wildman–Crippen MR) is 144 cm³/mol. The maximum absolute atomic E-state index is 12.4. The molecule has 0 saturated carbocycles. The monoisotopic (exact) mass is 525 g/mol. The highest BCUT2D eigenvalue weighted by Gasteiger charge is 2.37. The second-order valence-corrected chi connectivity index (χ2v) is 16.3. The SMILES string of the molecule is CC(C)(C)OC(=O)NC[C@@H](O)CNCC[C@@H](CO[Si](C)(C)C(C)(C)C)NC(=O)OCc1ccccc1. The zero-order valence-electron chi connectivity index (χ0n) is 23.3. The lowest BCUT2D eigenvalue weighted by Crippen LogP contribution is -2.47. The van der Waals surface area contributed by atoms with Crippen LogP contribution in [0.4, 0.5) is 9.59 Å². The van der Waals surface area contributed by atoms with Crippen LogP contribution in [0.2, 0.25) is 18.1 Å². The van der Waals surface area contributed by atoms with Gasteiger partial charge in [0.25, 0.3) is 0 Å². The number of alkyl carbamates (subject to hydrolysis) is 2. The Kier molecular flexibility index (Phi) is 12.9. The van der Waals surface area contributed by atoms with Gasteiger partial charge in [0.1, 0.15) is 12.2 Å². The molecule has 1 aromatic carbocycles. The zero-order chi connectivity index (χ0) is 27.4. The van der Waals surface area contributed by atoms with Gasteiger partial charge >= 0.3 is 12.2 Å². The van der Waals surface area contributed by atoms with E-state index in [1.165, 1.54) is 0 Å². The van der Waals surface area contributed by atoms with Crippen molar-refractivity contribution >= 4 is 20.5 Å². The highest BCUT2D eigenvalue weighted by atomic mass is 28.4. The predicted octanol–water partition coefficient (Wildman–Crippen LogP) is 4.17. The molecule has 0 heterocycles. The first kappa shape index (κ1) is 31.9. The molecule has 0 aliphatic rings. The number of carbonyl (C=O) groups excluding carboxylic acids is 2. The highest BCUT2D eigenvalue weighted by molar-refractivity contribution is 6.74. The van der Waals surface area contributed by atoms with Crippen molar-refractivity contribution < 1.29 is 28.6 Å². The van der Waals surface area contributed by atoms with Crippen LogP contribution in [0.3, 0.4) is 0 Å². The van der Waals surface area contributed by atoms with Gasteiger partial charge in [-0.3, -0.25) is 0 Å². The van der Waals surface area contributed by atoms with Gasteiger partial charge in [0.15, 0.2) is 8.32 Å². The van der Waals surface area contributed by atoms with E-state index in [-0.39, 0.29) is 30.8 Å². The van der Waals surface area contributed by atoms with E-state index in [1.807, 2.05) is 30.3 Å². The quantitative estimate of drug-likeness (QED) is 0.225. The third kappa shape index (κ3) is 13.8.